The van der Waals surface area contributed by atoms with Crippen LogP contribution in [-0.4, -0.2) is 19.1 Å². The Labute approximate surface area is 153 Å². The van der Waals surface area contributed by atoms with Crippen molar-refractivity contribution in [2.75, 3.05) is 18.5 Å². The molecule has 0 aliphatic rings. The van der Waals surface area contributed by atoms with E-state index in [1.807, 2.05) is 85.8 Å². The third-order valence-electron chi connectivity index (χ3n) is 3.80. The van der Waals surface area contributed by atoms with Crippen molar-refractivity contribution in [1.29, 1.82) is 0 Å². The van der Waals surface area contributed by atoms with Gasteiger partial charge >= 0.3 is 0 Å². The summed E-state index contributed by atoms with van der Waals surface area (Å²) in [7, 11) is 0. The van der Waals surface area contributed by atoms with Crippen molar-refractivity contribution in [3.63, 3.8) is 0 Å². The number of rotatable bonds is 7. The molecule has 0 heterocycles. The topological polar surface area (TPSA) is 47.6 Å². The maximum atomic E-state index is 12.4. The summed E-state index contributed by atoms with van der Waals surface area (Å²) < 4.78 is 11.4. The normalized spacial score (nSPS) is 10.2. The summed E-state index contributed by atoms with van der Waals surface area (Å²) in [6.45, 7) is 2.79. The highest BCUT2D eigenvalue weighted by Crippen LogP contribution is 2.24. The summed E-state index contributed by atoms with van der Waals surface area (Å²) in [5, 5.41) is 2.90. The molecule has 0 aliphatic carbocycles. The maximum absolute atomic E-state index is 12.4. The number of amides is 1. The van der Waals surface area contributed by atoms with Gasteiger partial charge in [-0.05, 0) is 43.3 Å². The molecule has 0 saturated heterocycles. The lowest BCUT2D eigenvalue weighted by atomic mass is 10.1. The SMILES string of the molecule is Cc1ccc(C(=O)Nc2ccccc2OCCOc2ccccc2)cc1. The molecule has 0 radical (unpaired) electrons. The average molecular weight is 347 g/mol. The Morgan fingerprint density at radius 3 is 2.23 bits per heavy atom. The molecule has 3 rings (SSSR count). The highest BCUT2D eigenvalue weighted by Gasteiger charge is 2.09. The number of para-hydroxylation sites is 3. The molecule has 0 bridgehead atoms. The van der Waals surface area contributed by atoms with Crippen molar-refractivity contribution in [2.24, 2.45) is 0 Å². The molecule has 0 fully saturated rings. The molecule has 26 heavy (non-hydrogen) atoms. The van der Waals surface area contributed by atoms with Gasteiger partial charge in [-0.25, -0.2) is 0 Å². The van der Waals surface area contributed by atoms with Crippen molar-refractivity contribution in [2.45, 2.75) is 6.92 Å². The zero-order chi connectivity index (χ0) is 18.2. The molecular weight excluding hydrogens is 326 g/mol. The first-order valence-electron chi connectivity index (χ1n) is 8.50. The highest BCUT2D eigenvalue weighted by molar-refractivity contribution is 6.05. The minimum Gasteiger partial charge on any atom is -0.490 e. The van der Waals surface area contributed by atoms with Crippen LogP contribution in [0, 0.1) is 6.92 Å². The van der Waals surface area contributed by atoms with Crippen LogP contribution in [0.15, 0.2) is 78.9 Å². The van der Waals surface area contributed by atoms with Crippen LogP contribution >= 0.6 is 0 Å². The number of ether oxygens (including phenoxy) is 2. The lowest BCUT2D eigenvalue weighted by molar-refractivity contribution is 0.102. The van der Waals surface area contributed by atoms with Gasteiger partial charge < -0.3 is 14.8 Å². The zero-order valence-electron chi connectivity index (χ0n) is 14.6. The fourth-order valence-corrected chi connectivity index (χ4v) is 2.42. The number of hydrogen-bond acceptors (Lipinski definition) is 3. The van der Waals surface area contributed by atoms with E-state index in [1.54, 1.807) is 0 Å². The molecule has 0 aromatic heterocycles. The fraction of sp³-hybridized carbons (Fsp3) is 0.136. The number of hydrogen-bond donors (Lipinski definition) is 1. The molecule has 3 aromatic carbocycles. The van der Waals surface area contributed by atoms with Crippen LogP contribution in [0.25, 0.3) is 0 Å². The van der Waals surface area contributed by atoms with E-state index >= 15 is 0 Å². The Bertz CT molecular complexity index is 845. The van der Waals surface area contributed by atoms with Gasteiger partial charge in [0.2, 0.25) is 0 Å². The van der Waals surface area contributed by atoms with Crippen LogP contribution in [-0.2, 0) is 0 Å². The van der Waals surface area contributed by atoms with E-state index < -0.39 is 0 Å². The number of anilines is 1. The number of benzene rings is 3. The molecule has 0 aliphatic heterocycles. The Kier molecular flexibility index (Phi) is 5.88. The average Bonchev–Trinajstić information content (AvgIpc) is 2.68. The molecule has 0 unspecified atom stereocenters. The second kappa shape index (κ2) is 8.72. The molecular formula is C22H21NO3. The molecule has 1 amide bonds. The van der Waals surface area contributed by atoms with Crippen LogP contribution in [0.1, 0.15) is 15.9 Å². The molecule has 1 N–H and O–H groups in total. The van der Waals surface area contributed by atoms with Gasteiger partial charge in [-0.1, -0.05) is 48.0 Å². The van der Waals surface area contributed by atoms with Crippen molar-refractivity contribution in [1.82, 2.24) is 0 Å². The van der Waals surface area contributed by atoms with E-state index in [4.69, 9.17) is 9.47 Å². The molecule has 3 aromatic rings. The van der Waals surface area contributed by atoms with E-state index in [0.717, 1.165) is 11.3 Å². The number of carbonyl (C=O) groups excluding carboxylic acids is 1. The second-order valence-electron chi connectivity index (χ2n) is 5.83. The van der Waals surface area contributed by atoms with Crippen LogP contribution in [0.4, 0.5) is 5.69 Å². The predicted molar refractivity (Wildman–Crippen MR) is 103 cm³/mol. The van der Waals surface area contributed by atoms with Gasteiger partial charge in [-0.3, -0.25) is 4.79 Å². The summed E-state index contributed by atoms with van der Waals surface area (Å²) >= 11 is 0. The quantitative estimate of drug-likeness (QED) is 0.630. The van der Waals surface area contributed by atoms with E-state index in [9.17, 15) is 4.79 Å². The lowest BCUT2D eigenvalue weighted by Crippen LogP contribution is -2.14. The van der Waals surface area contributed by atoms with E-state index in [2.05, 4.69) is 5.32 Å². The van der Waals surface area contributed by atoms with E-state index in [-0.39, 0.29) is 5.91 Å². The first-order chi connectivity index (χ1) is 12.7. The maximum Gasteiger partial charge on any atom is 0.255 e. The van der Waals surface area contributed by atoms with Crippen LogP contribution in [0.5, 0.6) is 11.5 Å². The highest BCUT2D eigenvalue weighted by atomic mass is 16.5. The second-order valence-corrected chi connectivity index (χ2v) is 5.83. The van der Waals surface area contributed by atoms with Crippen LogP contribution in [0.3, 0.4) is 0 Å². The largest absolute Gasteiger partial charge is 0.490 e. The third-order valence-corrected chi connectivity index (χ3v) is 3.80. The molecule has 0 atom stereocenters. The van der Waals surface area contributed by atoms with Crippen molar-refractivity contribution in [3.8, 4) is 11.5 Å². The summed E-state index contributed by atoms with van der Waals surface area (Å²) in [5.41, 5.74) is 2.36. The minimum atomic E-state index is -0.165. The summed E-state index contributed by atoms with van der Waals surface area (Å²) in [6.07, 6.45) is 0. The van der Waals surface area contributed by atoms with Gasteiger partial charge in [-0.15, -0.1) is 0 Å². The zero-order valence-corrected chi connectivity index (χ0v) is 14.6. The van der Waals surface area contributed by atoms with Gasteiger partial charge in [0.05, 0.1) is 5.69 Å². The van der Waals surface area contributed by atoms with Crippen LogP contribution < -0.4 is 14.8 Å². The van der Waals surface area contributed by atoms with Gasteiger partial charge in [0, 0.05) is 5.56 Å². The molecule has 4 heteroatoms. The molecule has 0 saturated carbocycles. The monoisotopic (exact) mass is 347 g/mol. The minimum absolute atomic E-state index is 0.165. The summed E-state index contributed by atoms with van der Waals surface area (Å²) in [4.78, 5) is 12.4. The van der Waals surface area contributed by atoms with Crippen LogP contribution in [0.2, 0.25) is 0 Å². The lowest BCUT2D eigenvalue weighted by Gasteiger charge is -2.13. The smallest absolute Gasteiger partial charge is 0.255 e. The standard InChI is InChI=1S/C22H21NO3/c1-17-11-13-18(14-12-17)22(24)23-20-9-5-6-10-21(20)26-16-15-25-19-7-3-2-4-8-19/h2-14H,15-16H2,1H3,(H,23,24). The summed E-state index contributed by atoms with van der Waals surface area (Å²) in [6, 6.07) is 24.4. The van der Waals surface area contributed by atoms with Gasteiger partial charge in [0.15, 0.2) is 0 Å². The fourth-order valence-electron chi connectivity index (χ4n) is 2.42. The van der Waals surface area contributed by atoms with E-state index in [0.29, 0.717) is 30.2 Å². The summed E-state index contributed by atoms with van der Waals surface area (Å²) in [5.74, 6) is 1.25. The van der Waals surface area contributed by atoms with Gasteiger partial charge in [0.1, 0.15) is 24.7 Å². The Morgan fingerprint density at radius 1 is 0.808 bits per heavy atom. The predicted octanol–water partition coefficient (Wildman–Crippen LogP) is 4.71. The Morgan fingerprint density at radius 2 is 1.46 bits per heavy atom. The Hall–Kier alpha value is -3.27. The van der Waals surface area contributed by atoms with Gasteiger partial charge in [0.25, 0.3) is 5.91 Å². The first kappa shape index (κ1) is 17.5. The Balaban J connectivity index is 1.57. The molecule has 132 valence electrons. The van der Waals surface area contributed by atoms with Gasteiger partial charge in [-0.2, -0.15) is 0 Å². The molecule has 0 spiro atoms. The number of nitrogens with one attached hydrogen (secondary N) is 1. The van der Waals surface area contributed by atoms with Crippen molar-refractivity contribution in [3.05, 3.63) is 90.0 Å². The third kappa shape index (κ3) is 4.86. The number of carbonyl (C=O) groups is 1. The van der Waals surface area contributed by atoms with E-state index in [1.165, 1.54) is 0 Å². The first-order valence-corrected chi connectivity index (χ1v) is 8.50. The van der Waals surface area contributed by atoms with Crippen molar-refractivity contribution < 1.29 is 14.3 Å². The number of aryl methyl sites for hydroxylation is 1. The van der Waals surface area contributed by atoms with Crippen molar-refractivity contribution >= 4 is 11.6 Å². The molecule has 4 nitrogen and oxygen atoms in total.